The van der Waals surface area contributed by atoms with E-state index in [2.05, 4.69) is 12.2 Å². The molecule has 2 amide bonds. The van der Waals surface area contributed by atoms with Crippen molar-refractivity contribution in [1.29, 1.82) is 0 Å². The number of carbonyl (C=O) groups excluding carboxylic acids is 2. The third-order valence-electron chi connectivity index (χ3n) is 5.00. The van der Waals surface area contributed by atoms with E-state index >= 15 is 0 Å². The molecule has 0 spiro atoms. The lowest BCUT2D eigenvalue weighted by Crippen LogP contribution is -2.45. The molecule has 25 heavy (non-hydrogen) atoms. The van der Waals surface area contributed by atoms with Crippen molar-refractivity contribution in [3.05, 3.63) is 35.9 Å². The van der Waals surface area contributed by atoms with Crippen LogP contribution in [-0.2, 0) is 16.1 Å². The van der Waals surface area contributed by atoms with E-state index in [0.717, 1.165) is 38.0 Å². The highest BCUT2D eigenvalue weighted by molar-refractivity contribution is 5.89. The lowest BCUT2D eigenvalue weighted by Gasteiger charge is -2.30. The van der Waals surface area contributed by atoms with Crippen LogP contribution in [0.4, 0.5) is 0 Å². The fourth-order valence-corrected chi connectivity index (χ4v) is 3.75. The predicted octanol–water partition coefficient (Wildman–Crippen LogP) is 2.06. The first-order chi connectivity index (χ1) is 11.7. The van der Waals surface area contributed by atoms with Crippen molar-refractivity contribution in [2.45, 2.75) is 38.8 Å². The molecule has 2 aliphatic heterocycles. The number of halogens is 1. The number of likely N-dealkylation sites (tertiary alicyclic amines) is 1. The fourth-order valence-electron chi connectivity index (χ4n) is 3.75. The molecule has 2 aliphatic rings. The Kier molecular flexibility index (Phi) is 7.26. The lowest BCUT2D eigenvalue weighted by atomic mass is 10.0. The molecule has 3 rings (SSSR count). The molecule has 2 atom stereocenters. The van der Waals surface area contributed by atoms with E-state index in [1.54, 1.807) is 0 Å². The highest BCUT2D eigenvalue weighted by Gasteiger charge is 2.38. The second kappa shape index (κ2) is 9.20. The summed E-state index contributed by atoms with van der Waals surface area (Å²) in [6.45, 7) is 5.88. The van der Waals surface area contributed by atoms with Gasteiger partial charge in [0.25, 0.3) is 0 Å². The Bertz CT molecular complexity index is 575. The summed E-state index contributed by atoms with van der Waals surface area (Å²) >= 11 is 0. The van der Waals surface area contributed by atoms with Crippen LogP contribution in [0.1, 0.15) is 31.7 Å². The van der Waals surface area contributed by atoms with Crippen LogP contribution >= 0.6 is 12.4 Å². The van der Waals surface area contributed by atoms with Gasteiger partial charge in [0.15, 0.2) is 0 Å². The number of hydrogen-bond acceptors (Lipinski definition) is 3. The van der Waals surface area contributed by atoms with Crippen molar-refractivity contribution in [3.8, 4) is 0 Å². The molecular weight excluding hydrogens is 338 g/mol. The van der Waals surface area contributed by atoms with Crippen LogP contribution in [-0.4, -0.2) is 53.8 Å². The molecule has 2 saturated heterocycles. The van der Waals surface area contributed by atoms with Crippen LogP contribution in [0, 0.1) is 5.92 Å². The highest BCUT2D eigenvalue weighted by Crippen LogP contribution is 2.24. The number of hydrogen-bond donors (Lipinski definition) is 1. The zero-order valence-electron chi connectivity index (χ0n) is 14.8. The van der Waals surface area contributed by atoms with Crippen LogP contribution < -0.4 is 5.32 Å². The van der Waals surface area contributed by atoms with Gasteiger partial charge in [0.05, 0.1) is 5.92 Å². The fraction of sp³-hybridized carbons (Fsp3) is 0.579. The molecule has 2 unspecified atom stereocenters. The van der Waals surface area contributed by atoms with Crippen molar-refractivity contribution in [3.63, 3.8) is 0 Å². The minimum atomic E-state index is -0.187. The number of rotatable bonds is 6. The van der Waals surface area contributed by atoms with Gasteiger partial charge >= 0.3 is 0 Å². The van der Waals surface area contributed by atoms with E-state index in [1.807, 2.05) is 40.1 Å². The number of nitrogens with zero attached hydrogens (tertiary/aromatic N) is 2. The van der Waals surface area contributed by atoms with Crippen LogP contribution in [0.5, 0.6) is 0 Å². The number of amides is 2. The predicted molar refractivity (Wildman–Crippen MR) is 100 cm³/mol. The smallest absolute Gasteiger partial charge is 0.228 e. The minimum absolute atomic E-state index is 0. The summed E-state index contributed by atoms with van der Waals surface area (Å²) in [6.07, 6.45) is 2.32. The van der Waals surface area contributed by atoms with Gasteiger partial charge in [-0.3, -0.25) is 9.59 Å². The Hall–Kier alpha value is -1.59. The van der Waals surface area contributed by atoms with E-state index in [0.29, 0.717) is 19.5 Å². The van der Waals surface area contributed by atoms with Gasteiger partial charge in [0, 0.05) is 38.6 Å². The lowest BCUT2D eigenvalue weighted by molar-refractivity contribution is -0.137. The summed E-state index contributed by atoms with van der Waals surface area (Å²) in [7, 11) is 0. The van der Waals surface area contributed by atoms with Gasteiger partial charge in [0.2, 0.25) is 11.8 Å². The average molecular weight is 366 g/mol. The zero-order valence-corrected chi connectivity index (χ0v) is 15.6. The standard InChI is InChI=1S/C19H27N3O2.ClH/c1-2-10-22(17-8-9-20-12-17)19(24)16-11-18(23)21(14-16)13-15-6-4-3-5-7-15;/h3-7,16-17,20H,2,8-14H2,1H3;1H. The third-order valence-corrected chi connectivity index (χ3v) is 5.00. The van der Waals surface area contributed by atoms with E-state index < -0.39 is 0 Å². The first-order valence-corrected chi connectivity index (χ1v) is 9.02. The molecule has 0 aliphatic carbocycles. The third kappa shape index (κ3) is 4.73. The van der Waals surface area contributed by atoms with E-state index in [1.165, 1.54) is 0 Å². The Morgan fingerprint density at radius 3 is 2.72 bits per heavy atom. The minimum Gasteiger partial charge on any atom is -0.338 e. The summed E-state index contributed by atoms with van der Waals surface area (Å²) < 4.78 is 0. The van der Waals surface area contributed by atoms with Gasteiger partial charge in [0.1, 0.15) is 0 Å². The largest absolute Gasteiger partial charge is 0.338 e. The van der Waals surface area contributed by atoms with Crippen molar-refractivity contribution < 1.29 is 9.59 Å². The summed E-state index contributed by atoms with van der Waals surface area (Å²) in [5.74, 6) is 0.0704. The summed E-state index contributed by atoms with van der Waals surface area (Å²) in [5.41, 5.74) is 1.12. The summed E-state index contributed by atoms with van der Waals surface area (Å²) in [6, 6.07) is 10.3. The van der Waals surface area contributed by atoms with Crippen molar-refractivity contribution >= 4 is 24.2 Å². The van der Waals surface area contributed by atoms with Crippen LogP contribution in [0.25, 0.3) is 0 Å². The number of benzene rings is 1. The topological polar surface area (TPSA) is 52.7 Å². The zero-order chi connectivity index (χ0) is 16.9. The molecule has 0 bridgehead atoms. The summed E-state index contributed by atoms with van der Waals surface area (Å²) in [4.78, 5) is 29.2. The first-order valence-electron chi connectivity index (χ1n) is 9.02. The molecule has 5 nitrogen and oxygen atoms in total. The van der Waals surface area contributed by atoms with E-state index in [9.17, 15) is 9.59 Å². The Labute approximate surface area is 156 Å². The molecule has 0 saturated carbocycles. The average Bonchev–Trinajstić information content (AvgIpc) is 3.24. The maximum atomic E-state index is 13.0. The monoisotopic (exact) mass is 365 g/mol. The second-order valence-electron chi connectivity index (χ2n) is 6.84. The normalized spacial score (nSPS) is 22.8. The van der Waals surface area contributed by atoms with Gasteiger partial charge in [-0.2, -0.15) is 0 Å². The number of nitrogens with one attached hydrogen (secondary N) is 1. The molecule has 2 fully saturated rings. The van der Waals surface area contributed by atoms with Crippen LogP contribution in [0.3, 0.4) is 0 Å². The first kappa shape index (κ1) is 19.7. The van der Waals surface area contributed by atoms with Crippen LogP contribution in [0.2, 0.25) is 0 Å². The Morgan fingerprint density at radius 2 is 2.08 bits per heavy atom. The molecule has 138 valence electrons. The molecule has 1 N–H and O–H groups in total. The van der Waals surface area contributed by atoms with Gasteiger partial charge < -0.3 is 15.1 Å². The molecular formula is C19H28ClN3O2. The summed E-state index contributed by atoms with van der Waals surface area (Å²) in [5, 5.41) is 3.34. The van der Waals surface area contributed by atoms with Crippen LogP contribution in [0.15, 0.2) is 30.3 Å². The molecule has 2 heterocycles. The van der Waals surface area contributed by atoms with E-state index in [4.69, 9.17) is 0 Å². The maximum Gasteiger partial charge on any atom is 0.228 e. The van der Waals surface area contributed by atoms with Gasteiger partial charge in [-0.1, -0.05) is 37.3 Å². The van der Waals surface area contributed by atoms with Gasteiger partial charge in [-0.25, -0.2) is 0 Å². The molecule has 6 heteroatoms. The van der Waals surface area contributed by atoms with Gasteiger partial charge in [-0.05, 0) is 24.9 Å². The molecule has 0 aromatic heterocycles. The second-order valence-corrected chi connectivity index (χ2v) is 6.84. The van der Waals surface area contributed by atoms with Gasteiger partial charge in [-0.15, -0.1) is 12.4 Å². The Balaban J connectivity index is 0.00000225. The molecule has 1 aromatic carbocycles. The van der Waals surface area contributed by atoms with Crippen molar-refractivity contribution in [2.75, 3.05) is 26.2 Å². The molecule has 1 aromatic rings. The highest BCUT2D eigenvalue weighted by atomic mass is 35.5. The molecule has 0 radical (unpaired) electrons. The number of carbonyl (C=O) groups is 2. The Morgan fingerprint density at radius 1 is 1.32 bits per heavy atom. The van der Waals surface area contributed by atoms with Crippen molar-refractivity contribution in [1.82, 2.24) is 15.1 Å². The SMILES string of the molecule is CCCN(C(=O)C1CC(=O)N(Cc2ccccc2)C1)C1CCNC1.Cl. The quantitative estimate of drug-likeness (QED) is 0.839. The van der Waals surface area contributed by atoms with Crippen molar-refractivity contribution in [2.24, 2.45) is 5.92 Å². The van der Waals surface area contributed by atoms with E-state index in [-0.39, 0.29) is 36.2 Å². The maximum absolute atomic E-state index is 13.0.